The molecule has 1 aromatic rings. The third-order valence-corrected chi connectivity index (χ3v) is 2.41. The molecule has 1 aromatic carbocycles. The number of halogens is 1. The van der Waals surface area contributed by atoms with Crippen LogP contribution in [0.5, 0.6) is 0 Å². The number of rotatable bonds is 5. The summed E-state index contributed by atoms with van der Waals surface area (Å²) in [5, 5.41) is 0.739. The molecule has 0 heterocycles. The van der Waals surface area contributed by atoms with E-state index in [4.69, 9.17) is 11.6 Å². The van der Waals surface area contributed by atoms with Crippen molar-refractivity contribution in [1.29, 1.82) is 0 Å². The van der Waals surface area contributed by atoms with Crippen molar-refractivity contribution < 1.29 is 9.53 Å². The van der Waals surface area contributed by atoms with E-state index in [9.17, 15) is 4.79 Å². The van der Waals surface area contributed by atoms with Crippen molar-refractivity contribution in [2.45, 2.75) is 19.3 Å². The summed E-state index contributed by atoms with van der Waals surface area (Å²) in [6.45, 7) is 0. The van der Waals surface area contributed by atoms with E-state index in [1.165, 1.54) is 7.11 Å². The summed E-state index contributed by atoms with van der Waals surface area (Å²) < 4.78 is 4.55. The molecule has 0 radical (unpaired) electrons. The van der Waals surface area contributed by atoms with Crippen molar-refractivity contribution in [3.05, 3.63) is 40.9 Å². The smallest absolute Gasteiger partial charge is 0.305 e. The van der Waals surface area contributed by atoms with Gasteiger partial charge in [0.2, 0.25) is 0 Å². The molecule has 0 aromatic heterocycles. The molecule has 0 N–H and O–H groups in total. The molecule has 16 heavy (non-hydrogen) atoms. The number of ether oxygens (including phenoxy) is 1. The predicted molar refractivity (Wildman–Crippen MR) is 66.4 cm³/mol. The first-order valence-electron chi connectivity index (χ1n) is 5.21. The van der Waals surface area contributed by atoms with E-state index < -0.39 is 0 Å². The Morgan fingerprint density at radius 3 is 2.69 bits per heavy atom. The molecule has 0 aliphatic carbocycles. The van der Waals surface area contributed by atoms with E-state index in [0.717, 1.165) is 23.4 Å². The Balaban J connectivity index is 2.27. The number of benzene rings is 1. The van der Waals surface area contributed by atoms with Crippen LogP contribution in [0.4, 0.5) is 0 Å². The number of hydrogen-bond acceptors (Lipinski definition) is 2. The summed E-state index contributed by atoms with van der Waals surface area (Å²) in [5.74, 6) is -0.153. The molecule has 0 bridgehead atoms. The van der Waals surface area contributed by atoms with Gasteiger partial charge in [0.25, 0.3) is 0 Å². The van der Waals surface area contributed by atoms with E-state index in [1.807, 2.05) is 36.4 Å². The predicted octanol–water partition coefficient (Wildman–Crippen LogP) is 3.70. The van der Waals surface area contributed by atoms with Crippen molar-refractivity contribution in [1.82, 2.24) is 0 Å². The van der Waals surface area contributed by atoms with Crippen LogP contribution in [0.3, 0.4) is 0 Å². The molecule has 0 amide bonds. The highest BCUT2D eigenvalue weighted by Crippen LogP contribution is 2.11. The molecule has 0 aliphatic rings. The average molecular weight is 239 g/mol. The lowest BCUT2D eigenvalue weighted by Crippen LogP contribution is -1.98. The minimum Gasteiger partial charge on any atom is -0.469 e. The Bertz CT molecular complexity index is 355. The minimum absolute atomic E-state index is 0.153. The lowest BCUT2D eigenvalue weighted by atomic mass is 10.1. The van der Waals surface area contributed by atoms with E-state index in [2.05, 4.69) is 4.74 Å². The molecule has 2 nitrogen and oxygen atoms in total. The molecule has 0 unspecified atom stereocenters. The van der Waals surface area contributed by atoms with Crippen molar-refractivity contribution >= 4 is 23.6 Å². The average Bonchev–Trinajstić information content (AvgIpc) is 2.31. The van der Waals surface area contributed by atoms with E-state index in [1.54, 1.807) is 0 Å². The Morgan fingerprint density at radius 2 is 2.06 bits per heavy atom. The SMILES string of the molecule is COC(=O)CCC/C=C/c1ccc(Cl)cc1. The fourth-order valence-corrected chi connectivity index (χ4v) is 1.39. The number of allylic oxidation sites excluding steroid dienone is 1. The van der Waals surface area contributed by atoms with Gasteiger partial charge in [0.15, 0.2) is 0 Å². The molecule has 0 fully saturated rings. The molecular weight excluding hydrogens is 224 g/mol. The van der Waals surface area contributed by atoms with Crippen molar-refractivity contribution in [3.63, 3.8) is 0 Å². The number of carbonyl (C=O) groups is 1. The minimum atomic E-state index is -0.153. The van der Waals surface area contributed by atoms with Gasteiger partial charge in [-0.15, -0.1) is 0 Å². The summed E-state index contributed by atoms with van der Waals surface area (Å²) in [4.78, 5) is 10.8. The first-order chi connectivity index (χ1) is 7.72. The quantitative estimate of drug-likeness (QED) is 0.578. The first-order valence-corrected chi connectivity index (χ1v) is 5.59. The van der Waals surface area contributed by atoms with Crippen LogP contribution in [0.2, 0.25) is 5.02 Å². The van der Waals surface area contributed by atoms with Gasteiger partial charge < -0.3 is 4.74 Å². The van der Waals surface area contributed by atoms with Gasteiger partial charge in [-0.1, -0.05) is 35.9 Å². The second kappa shape index (κ2) is 7.07. The number of unbranched alkanes of at least 4 members (excludes halogenated alkanes) is 1. The van der Waals surface area contributed by atoms with Gasteiger partial charge >= 0.3 is 5.97 Å². The maximum atomic E-state index is 10.8. The maximum absolute atomic E-state index is 10.8. The highest BCUT2D eigenvalue weighted by Gasteiger charge is 1.96. The zero-order valence-corrected chi connectivity index (χ0v) is 10.0. The Labute approximate surface area is 101 Å². The molecule has 0 saturated heterocycles. The fraction of sp³-hybridized carbons (Fsp3) is 0.308. The zero-order valence-electron chi connectivity index (χ0n) is 9.28. The van der Waals surface area contributed by atoms with Gasteiger partial charge in [-0.05, 0) is 30.5 Å². The second-order valence-corrected chi connectivity index (χ2v) is 3.86. The Kier molecular flexibility index (Phi) is 5.65. The van der Waals surface area contributed by atoms with E-state index in [-0.39, 0.29) is 5.97 Å². The van der Waals surface area contributed by atoms with Crippen LogP contribution in [0.25, 0.3) is 6.08 Å². The van der Waals surface area contributed by atoms with Gasteiger partial charge in [-0.2, -0.15) is 0 Å². The summed E-state index contributed by atoms with van der Waals surface area (Å²) in [5.41, 5.74) is 1.11. The van der Waals surface area contributed by atoms with Crippen LogP contribution in [-0.4, -0.2) is 13.1 Å². The maximum Gasteiger partial charge on any atom is 0.305 e. The molecule has 3 heteroatoms. The molecule has 0 saturated carbocycles. The molecule has 0 spiro atoms. The number of hydrogen-bond donors (Lipinski definition) is 0. The molecular formula is C13H15ClO2. The molecule has 0 atom stereocenters. The number of methoxy groups -OCH3 is 1. The summed E-state index contributed by atoms with van der Waals surface area (Å²) in [7, 11) is 1.41. The number of esters is 1. The standard InChI is InChI=1S/C13H15ClO2/c1-16-13(15)6-4-2-3-5-11-7-9-12(14)10-8-11/h3,5,7-10H,2,4,6H2,1H3/b5-3+. The monoisotopic (exact) mass is 238 g/mol. The first kappa shape index (κ1) is 12.8. The lowest BCUT2D eigenvalue weighted by Gasteiger charge is -1.96. The van der Waals surface area contributed by atoms with Gasteiger partial charge in [0.05, 0.1) is 7.11 Å². The topological polar surface area (TPSA) is 26.3 Å². The van der Waals surface area contributed by atoms with Gasteiger partial charge in [-0.25, -0.2) is 0 Å². The van der Waals surface area contributed by atoms with Crippen molar-refractivity contribution in [3.8, 4) is 0 Å². The van der Waals surface area contributed by atoms with Crippen LogP contribution < -0.4 is 0 Å². The fourth-order valence-electron chi connectivity index (χ4n) is 1.26. The summed E-state index contributed by atoms with van der Waals surface area (Å²) in [6, 6.07) is 7.63. The van der Waals surface area contributed by atoms with Crippen LogP contribution in [0, 0.1) is 0 Å². The van der Waals surface area contributed by atoms with Gasteiger partial charge in [0, 0.05) is 11.4 Å². The highest BCUT2D eigenvalue weighted by atomic mass is 35.5. The van der Waals surface area contributed by atoms with Crippen LogP contribution >= 0.6 is 11.6 Å². The summed E-state index contributed by atoms with van der Waals surface area (Å²) in [6.07, 6.45) is 6.23. The summed E-state index contributed by atoms with van der Waals surface area (Å²) >= 11 is 5.77. The van der Waals surface area contributed by atoms with Crippen LogP contribution in [0.1, 0.15) is 24.8 Å². The highest BCUT2D eigenvalue weighted by molar-refractivity contribution is 6.30. The third kappa shape index (κ3) is 4.99. The Hall–Kier alpha value is -1.28. The largest absolute Gasteiger partial charge is 0.469 e. The zero-order chi connectivity index (χ0) is 11.8. The molecule has 0 aliphatic heterocycles. The van der Waals surface area contributed by atoms with E-state index >= 15 is 0 Å². The second-order valence-electron chi connectivity index (χ2n) is 3.42. The lowest BCUT2D eigenvalue weighted by molar-refractivity contribution is -0.140. The third-order valence-electron chi connectivity index (χ3n) is 2.16. The van der Waals surface area contributed by atoms with Crippen molar-refractivity contribution in [2.24, 2.45) is 0 Å². The normalized spacial score (nSPS) is 10.6. The number of carbonyl (C=O) groups excluding carboxylic acids is 1. The van der Waals surface area contributed by atoms with Crippen LogP contribution in [-0.2, 0) is 9.53 Å². The van der Waals surface area contributed by atoms with Crippen LogP contribution in [0.15, 0.2) is 30.3 Å². The Morgan fingerprint density at radius 1 is 1.38 bits per heavy atom. The van der Waals surface area contributed by atoms with Gasteiger partial charge in [0.1, 0.15) is 0 Å². The molecule has 1 rings (SSSR count). The molecule has 86 valence electrons. The van der Waals surface area contributed by atoms with E-state index in [0.29, 0.717) is 6.42 Å². The van der Waals surface area contributed by atoms with Gasteiger partial charge in [-0.3, -0.25) is 4.79 Å². The van der Waals surface area contributed by atoms with Crippen molar-refractivity contribution in [2.75, 3.05) is 7.11 Å².